The van der Waals surface area contributed by atoms with E-state index in [1.54, 1.807) is 19.4 Å². The summed E-state index contributed by atoms with van der Waals surface area (Å²) in [7, 11) is 3.49. The molecule has 3 aromatic rings. The van der Waals surface area contributed by atoms with Crippen LogP contribution >= 0.6 is 11.6 Å². The molecule has 2 amide bonds. The van der Waals surface area contributed by atoms with Crippen molar-refractivity contribution >= 4 is 17.6 Å². The van der Waals surface area contributed by atoms with E-state index in [4.69, 9.17) is 16.3 Å². The van der Waals surface area contributed by atoms with Crippen LogP contribution in [0.15, 0.2) is 60.9 Å². The number of carbonyl (C=O) groups is 1. The quantitative estimate of drug-likeness (QED) is 0.681. The number of nitrogens with zero attached hydrogens (tertiary/aromatic N) is 2. The number of rotatable bonds is 6. The van der Waals surface area contributed by atoms with Crippen LogP contribution in [0.3, 0.4) is 0 Å². The first-order valence-electron chi connectivity index (χ1n) is 8.47. The lowest BCUT2D eigenvalue weighted by Crippen LogP contribution is -2.39. The van der Waals surface area contributed by atoms with Crippen molar-refractivity contribution in [3.63, 3.8) is 0 Å². The predicted octanol–water partition coefficient (Wildman–Crippen LogP) is 3.67. The Bertz CT molecular complexity index is 926. The minimum absolute atomic E-state index is 0.311. The van der Waals surface area contributed by atoms with Gasteiger partial charge in [-0.15, -0.1) is 0 Å². The van der Waals surface area contributed by atoms with Crippen molar-refractivity contribution in [1.82, 2.24) is 20.2 Å². The monoisotopic (exact) mass is 384 g/mol. The summed E-state index contributed by atoms with van der Waals surface area (Å²) in [6.07, 6.45) is 3.53. The molecule has 3 rings (SSSR count). The fraction of sp³-hybridized carbons (Fsp3) is 0.200. The first-order chi connectivity index (χ1) is 13.1. The third-order valence-corrected chi connectivity index (χ3v) is 4.42. The van der Waals surface area contributed by atoms with Gasteiger partial charge in [-0.3, -0.25) is 0 Å². The molecule has 2 aromatic carbocycles. The second-order valence-corrected chi connectivity index (χ2v) is 6.46. The number of methoxy groups -OCH3 is 1. The van der Waals surface area contributed by atoms with Crippen LogP contribution in [0.2, 0.25) is 5.02 Å². The van der Waals surface area contributed by atoms with E-state index < -0.39 is 6.04 Å². The lowest BCUT2D eigenvalue weighted by Gasteiger charge is -2.21. The summed E-state index contributed by atoms with van der Waals surface area (Å²) in [5.74, 6) is 1.39. The highest BCUT2D eigenvalue weighted by Gasteiger charge is 2.23. The normalized spacial score (nSPS) is 11.7. The van der Waals surface area contributed by atoms with Crippen molar-refractivity contribution in [3.8, 4) is 5.75 Å². The van der Waals surface area contributed by atoms with Gasteiger partial charge in [-0.25, -0.2) is 9.78 Å². The van der Waals surface area contributed by atoms with E-state index in [-0.39, 0.29) is 6.03 Å². The Kier molecular flexibility index (Phi) is 5.98. The molecule has 1 atom stereocenters. The number of ether oxygens (including phenoxy) is 1. The van der Waals surface area contributed by atoms with Gasteiger partial charge in [0.05, 0.1) is 7.11 Å². The number of imidazole rings is 1. The molecule has 1 unspecified atom stereocenters. The van der Waals surface area contributed by atoms with E-state index in [0.717, 1.165) is 11.1 Å². The Labute approximate surface area is 163 Å². The molecule has 0 saturated carbocycles. The maximum absolute atomic E-state index is 12.6. The van der Waals surface area contributed by atoms with Crippen LogP contribution in [0, 0.1) is 0 Å². The Balaban J connectivity index is 1.79. The second-order valence-electron chi connectivity index (χ2n) is 6.03. The summed E-state index contributed by atoms with van der Waals surface area (Å²) < 4.78 is 7.33. The number of aromatic nitrogens is 2. The topological polar surface area (TPSA) is 68.2 Å². The van der Waals surface area contributed by atoms with E-state index in [2.05, 4.69) is 15.6 Å². The zero-order chi connectivity index (χ0) is 19.2. The molecule has 2 N–H and O–H groups in total. The molecular weight excluding hydrogens is 364 g/mol. The summed E-state index contributed by atoms with van der Waals surface area (Å²) in [4.78, 5) is 17.0. The van der Waals surface area contributed by atoms with Gasteiger partial charge >= 0.3 is 6.03 Å². The van der Waals surface area contributed by atoms with Gasteiger partial charge in [0.1, 0.15) is 17.6 Å². The van der Waals surface area contributed by atoms with Gasteiger partial charge < -0.3 is 19.9 Å². The predicted molar refractivity (Wildman–Crippen MR) is 105 cm³/mol. The highest BCUT2D eigenvalue weighted by molar-refractivity contribution is 6.30. The first-order valence-corrected chi connectivity index (χ1v) is 8.85. The highest BCUT2D eigenvalue weighted by atomic mass is 35.5. The lowest BCUT2D eigenvalue weighted by atomic mass is 10.0. The van der Waals surface area contributed by atoms with Crippen molar-refractivity contribution in [2.45, 2.75) is 12.6 Å². The Morgan fingerprint density at radius 3 is 2.78 bits per heavy atom. The fourth-order valence-electron chi connectivity index (χ4n) is 2.85. The number of nitrogens with one attached hydrogen (secondary N) is 2. The summed E-state index contributed by atoms with van der Waals surface area (Å²) in [5.41, 5.74) is 1.75. The molecule has 0 saturated heterocycles. The Morgan fingerprint density at radius 1 is 1.26 bits per heavy atom. The molecule has 6 nitrogen and oxygen atoms in total. The number of aryl methyl sites for hydroxylation is 1. The van der Waals surface area contributed by atoms with E-state index in [0.29, 0.717) is 23.1 Å². The van der Waals surface area contributed by atoms with Crippen LogP contribution in [0.25, 0.3) is 0 Å². The van der Waals surface area contributed by atoms with Crippen molar-refractivity contribution in [2.75, 3.05) is 7.11 Å². The Morgan fingerprint density at radius 2 is 2.07 bits per heavy atom. The van der Waals surface area contributed by atoms with E-state index in [1.165, 1.54) is 0 Å². The SMILES string of the molecule is COc1ccccc1C(NC(=O)NCc1cccc(Cl)c1)c1nccn1C. The van der Waals surface area contributed by atoms with Gasteiger partial charge in [0.25, 0.3) is 0 Å². The zero-order valence-corrected chi connectivity index (χ0v) is 15.9. The molecule has 0 radical (unpaired) electrons. The minimum atomic E-state index is -0.458. The minimum Gasteiger partial charge on any atom is -0.496 e. The van der Waals surface area contributed by atoms with Gasteiger partial charge in [0.2, 0.25) is 0 Å². The molecular formula is C20H21ClN4O2. The lowest BCUT2D eigenvalue weighted by molar-refractivity contribution is 0.237. The second kappa shape index (κ2) is 8.60. The van der Waals surface area contributed by atoms with Crippen LogP contribution in [0.4, 0.5) is 4.79 Å². The van der Waals surface area contributed by atoms with E-state index >= 15 is 0 Å². The number of amides is 2. The molecule has 0 aliphatic rings. The molecule has 1 heterocycles. The van der Waals surface area contributed by atoms with Gasteiger partial charge in [-0.05, 0) is 23.8 Å². The number of para-hydroxylation sites is 1. The summed E-state index contributed by atoms with van der Waals surface area (Å²) >= 11 is 5.99. The summed E-state index contributed by atoms with van der Waals surface area (Å²) in [6.45, 7) is 0.367. The maximum atomic E-state index is 12.6. The van der Waals surface area contributed by atoms with E-state index in [1.807, 2.05) is 60.3 Å². The molecule has 140 valence electrons. The van der Waals surface area contributed by atoms with Gasteiger partial charge in [0.15, 0.2) is 0 Å². The van der Waals surface area contributed by atoms with Crippen LogP contribution < -0.4 is 15.4 Å². The smallest absolute Gasteiger partial charge is 0.315 e. The average molecular weight is 385 g/mol. The van der Waals surface area contributed by atoms with Gasteiger partial charge in [-0.2, -0.15) is 0 Å². The zero-order valence-electron chi connectivity index (χ0n) is 15.1. The van der Waals surface area contributed by atoms with Crippen molar-refractivity contribution in [2.24, 2.45) is 7.05 Å². The molecule has 0 aliphatic heterocycles. The molecule has 0 aliphatic carbocycles. The number of hydrogen-bond acceptors (Lipinski definition) is 3. The maximum Gasteiger partial charge on any atom is 0.315 e. The average Bonchev–Trinajstić information content (AvgIpc) is 3.10. The number of benzene rings is 2. The largest absolute Gasteiger partial charge is 0.496 e. The Hall–Kier alpha value is -2.99. The van der Waals surface area contributed by atoms with Crippen LogP contribution in [-0.4, -0.2) is 22.7 Å². The van der Waals surface area contributed by atoms with Crippen molar-refractivity contribution in [3.05, 3.63) is 82.9 Å². The fourth-order valence-corrected chi connectivity index (χ4v) is 3.07. The van der Waals surface area contributed by atoms with Gasteiger partial charge in [0, 0.05) is 36.6 Å². The van der Waals surface area contributed by atoms with Crippen LogP contribution in [0.1, 0.15) is 23.0 Å². The number of hydrogen-bond donors (Lipinski definition) is 2. The van der Waals surface area contributed by atoms with Crippen LogP contribution in [-0.2, 0) is 13.6 Å². The molecule has 1 aromatic heterocycles. The van der Waals surface area contributed by atoms with E-state index in [9.17, 15) is 4.79 Å². The van der Waals surface area contributed by atoms with Crippen molar-refractivity contribution < 1.29 is 9.53 Å². The van der Waals surface area contributed by atoms with Crippen molar-refractivity contribution in [1.29, 1.82) is 0 Å². The highest BCUT2D eigenvalue weighted by Crippen LogP contribution is 2.28. The van der Waals surface area contributed by atoms with Crippen LogP contribution in [0.5, 0.6) is 5.75 Å². The molecule has 27 heavy (non-hydrogen) atoms. The summed E-state index contributed by atoms with van der Waals surface area (Å²) in [5, 5.41) is 6.48. The third kappa shape index (κ3) is 4.60. The number of urea groups is 1. The standard InChI is InChI=1S/C20H21ClN4O2/c1-25-11-10-22-19(25)18(16-8-3-4-9-17(16)27-2)24-20(26)23-13-14-6-5-7-15(21)12-14/h3-12,18H,13H2,1-2H3,(H2,23,24,26). The molecule has 7 heteroatoms. The molecule has 0 bridgehead atoms. The first kappa shape index (κ1) is 18.8. The number of carbonyl (C=O) groups excluding carboxylic acids is 1. The molecule has 0 fully saturated rings. The van der Waals surface area contributed by atoms with Gasteiger partial charge in [-0.1, -0.05) is 41.9 Å². The third-order valence-electron chi connectivity index (χ3n) is 4.18. The molecule has 0 spiro atoms. The summed E-state index contributed by atoms with van der Waals surface area (Å²) in [6, 6.07) is 14.2. The number of halogens is 1.